The molecular formula is C20H22N6OS. The van der Waals surface area contributed by atoms with Gasteiger partial charge in [-0.25, -0.2) is 13.2 Å². The molecule has 3 atom stereocenters. The molecule has 4 heterocycles. The first kappa shape index (κ1) is 17.5. The molecule has 0 spiro atoms. The van der Waals surface area contributed by atoms with Gasteiger partial charge in [0.2, 0.25) is 0 Å². The van der Waals surface area contributed by atoms with Gasteiger partial charge in [0, 0.05) is 18.7 Å². The van der Waals surface area contributed by atoms with E-state index in [-0.39, 0.29) is 0 Å². The van der Waals surface area contributed by atoms with Gasteiger partial charge in [-0.1, -0.05) is 31.0 Å². The maximum absolute atomic E-state index is 13.1. The Kier molecular flexibility index (Phi) is 4.25. The Morgan fingerprint density at radius 3 is 2.79 bits per heavy atom. The second kappa shape index (κ2) is 6.79. The first-order valence-electron chi connectivity index (χ1n) is 9.58. The monoisotopic (exact) mass is 394 g/mol. The Bertz CT molecular complexity index is 1180. The molecular weight excluding hydrogens is 372 g/mol. The molecule has 0 amide bonds. The average molecular weight is 395 g/mol. The highest BCUT2D eigenvalue weighted by atomic mass is 32.2. The normalized spacial score (nSPS) is 20.9. The van der Waals surface area contributed by atoms with E-state index in [2.05, 4.69) is 31.8 Å². The molecule has 1 fully saturated rings. The highest BCUT2D eigenvalue weighted by Gasteiger charge is 2.31. The number of fused-ring (bicyclic) bond motifs is 3. The molecule has 0 bridgehead atoms. The van der Waals surface area contributed by atoms with Crippen LogP contribution in [0.25, 0.3) is 16.8 Å². The van der Waals surface area contributed by atoms with E-state index in [0.717, 1.165) is 47.0 Å². The number of hydrogen-bond donors (Lipinski definition) is 1. The van der Waals surface area contributed by atoms with Crippen LogP contribution in [0.5, 0.6) is 0 Å². The molecule has 7 nitrogen and oxygen atoms in total. The minimum absolute atomic E-state index is 0.316. The Labute approximate surface area is 165 Å². The number of benzene rings is 1. The summed E-state index contributed by atoms with van der Waals surface area (Å²) in [5.74, 6) is 1.81. The molecule has 5 rings (SSSR count). The molecule has 1 aliphatic rings. The van der Waals surface area contributed by atoms with Crippen LogP contribution >= 0.6 is 0 Å². The smallest absolute Gasteiger partial charge is 0.179 e. The van der Waals surface area contributed by atoms with E-state index < -0.39 is 11.0 Å². The number of nitrogens with zero attached hydrogens (tertiary/aromatic N) is 5. The molecule has 0 saturated carbocycles. The van der Waals surface area contributed by atoms with E-state index in [4.69, 9.17) is 0 Å². The van der Waals surface area contributed by atoms with Crippen molar-refractivity contribution in [2.75, 3.05) is 13.1 Å². The lowest BCUT2D eigenvalue weighted by Crippen LogP contribution is -2.13. The quantitative estimate of drug-likeness (QED) is 0.576. The van der Waals surface area contributed by atoms with Crippen molar-refractivity contribution in [3.05, 3.63) is 54.1 Å². The zero-order valence-electron chi connectivity index (χ0n) is 15.9. The SMILES string of the molecule is CCC1CNCC1c1nnc2cnc3c(ccn3S(=O)c3ccc(C)cc3)n12. The van der Waals surface area contributed by atoms with Crippen LogP contribution in [0, 0.1) is 12.8 Å². The van der Waals surface area contributed by atoms with Gasteiger partial charge in [0.15, 0.2) is 22.3 Å². The minimum atomic E-state index is -1.36. The van der Waals surface area contributed by atoms with Crippen molar-refractivity contribution in [2.24, 2.45) is 5.92 Å². The van der Waals surface area contributed by atoms with Crippen molar-refractivity contribution < 1.29 is 4.21 Å². The minimum Gasteiger partial charge on any atom is -0.316 e. The Morgan fingerprint density at radius 1 is 1.18 bits per heavy atom. The highest BCUT2D eigenvalue weighted by molar-refractivity contribution is 7.83. The van der Waals surface area contributed by atoms with E-state index in [1.54, 1.807) is 10.2 Å². The molecule has 144 valence electrons. The number of nitrogens with one attached hydrogen (secondary N) is 1. The van der Waals surface area contributed by atoms with Crippen LogP contribution in [0.3, 0.4) is 0 Å². The van der Waals surface area contributed by atoms with Crippen LogP contribution < -0.4 is 5.32 Å². The van der Waals surface area contributed by atoms with Gasteiger partial charge < -0.3 is 5.32 Å². The maximum atomic E-state index is 13.1. The van der Waals surface area contributed by atoms with Crippen LogP contribution in [0.1, 0.15) is 30.7 Å². The molecule has 3 unspecified atom stereocenters. The topological polar surface area (TPSA) is 77.1 Å². The van der Waals surface area contributed by atoms with Gasteiger partial charge in [-0.15, -0.1) is 10.2 Å². The summed E-state index contributed by atoms with van der Waals surface area (Å²) in [5, 5.41) is 12.3. The molecule has 28 heavy (non-hydrogen) atoms. The fourth-order valence-corrected chi connectivity index (χ4v) is 5.12. The summed E-state index contributed by atoms with van der Waals surface area (Å²) in [4.78, 5) is 5.29. The number of rotatable bonds is 4. The average Bonchev–Trinajstić information content (AvgIpc) is 3.44. The molecule has 4 aromatic rings. The van der Waals surface area contributed by atoms with Crippen molar-refractivity contribution in [1.29, 1.82) is 0 Å². The van der Waals surface area contributed by atoms with Crippen molar-refractivity contribution in [1.82, 2.24) is 28.9 Å². The molecule has 0 radical (unpaired) electrons. The number of aromatic nitrogens is 5. The zero-order chi connectivity index (χ0) is 19.3. The Morgan fingerprint density at radius 2 is 2.00 bits per heavy atom. The van der Waals surface area contributed by atoms with Gasteiger partial charge in [-0.05, 0) is 37.6 Å². The van der Waals surface area contributed by atoms with Crippen LogP contribution in [0.15, 0.2) is 47.6 Å². The van der Waals surface area contributed by atoms with Crippen molar-refractivity contribution in [2.45, 2.75) is 31.1 Å². The highest BCUT2D eigenvalue weighted by Crippen LogP contribution is 2.31. The van der Waals surface area contributed by atoms with Crippen molar-refractivity contribution in [3.63, 3.8) is 0 Å². The molecule has 1 N–H and O–H groups in total. The van der Waals surface area contributed by atoms with Crippen LogP contribution in [0.2, 0.25) is 0 Å². The van der Waals surface area contributed by atoms with E-state index in [0.29, 0.717) is 17.5 Å². The molecule has 1 aliphatic heterocycles. The molecule has 1 aromatic carbocycles. The zero-order valence-corrected chi connectivity index (χ0v) is 16.7. The van der Waals surface area contributed by atoms with Crippen LogP contribution in [0.4, 0.5) is 0 Å². The van der Waals surface area contributed by atoms with Gasteiger partial charge in [-0.3, -0.25) is 4.40 Å². The summed E-state index contributed by atoms with van der Waals surface area (Å²) in [6.45, 7) is 6.14. The first-order valence-corrected chi connectivity index (χ1v) is 10.7. The lowest BCUT2D eigenvalue weighted by Gasteiger charge is -2.15. The fourth-order valence-electron chi connectivity index (χ4n) is 4.06. The summed E-state index contributed by atoms with van der Waals surface area (Å²) >= 11 is 0. The first-order chi connectivity index (χ1) is 13.7. The largest absolute Gasteiger partial charge is 0.316 e. The predicted octanol–water partition coefficient (Wildman–Crippen LogP) is 2.67. The Balaban J connectivity index is 1.65. The molecule has 0 aliphatic carbocycles. The van der Waals surface area contributed by atoms with Gasteiger partial charge in [0.05, 0.1) is 16.6 Å². The summed E-state index contributed by atoms with van der Waals surface area (Å²) in [5.41, 5.74) is 3.43. The predicted molar refractivity (Wildman–Crippen MR) is 109 cm³/mol. The summed E-state index contributed by atoms with van der Waals surface area (Å²) < 4.78 is 16.9. The second-order valence-corrected chi connectivity index (χ2v) is 8.72. The summed E-state index contributed by atoms with van der Waals surface area (Å²) in [6.07, 6.45) is 4.64. The number of hydrogen-bond acceptors (Lipinski definition) is 5. The fraction of sp³-hybridized carbons (Fsp3) is 0.350. The standard InChI is InChI=1S/C20H22N6OS/c1-3-14-10-21-11-16(14)19-24-23-18-12-22-20-17(26(18)19)8-9-25(20)28(27)15-6-4-13(2)5-7-15/h4-9,12,14,16,21H,3,10-11H2,1-2H3. The Hall–Kier alpha value is -2.58. The third kappa shape index (κ3) is 2.67. The van der Waals surface area contributed by atoms with E-state index >= 15 is 0 Å². The van der Waals surface area contributed by atoms with Crippen LogP contribution in [-0.4, -0.2) is 40.9 Å². The van der Waals surface area contributed by atoms with E-state index in [9.17, 15) is 4.21 Å². The summed E-state index contributed by atoms with van der Waals surface area (Å²) in [7, 11) is -1.36. The van der Waals surface area contributed by atoms with Gasteiger partial charge >= 0.3 is 0 Å². The van der Waals surface area contributed by atoms with E-state index in [1.807, 2.05) is 43.5 Å². The van der Waals surface area contributed by atoms with Gasteiger partial charge in [0.25, 0.3) is 0 Å². The van der Waals surface area contributed by atoms with Crippen molar-refractivity contribution >= 4 is 27.8 Å². The lowest BCUT2D eigenvalue weighted by molar-refractivity contribution is 0.483. The van der Waals surface area contributed by atoms with Gasteiger partial charge in [0.1, 0.15) is 5.82 Å². The lowest BCUT2D eigenvalue weighted by atomic mass is 9.93. The second-order valence-electron chi connectivity index (χ2n) is 7.36. The van der Waals surface area contributed by atoms with E-state index in [1.165, 1.54) is 0 Å². The summed E-state index contributed by atoms with van der Waals surface area (Å²) in [6, 6.07) is 9.70. The number of aryl methyl sites for hydroxylation is 1. The third-order valence-electron chi connectivity index (χ3n) is 5.66. The molecule has 1 saturated heterocycles. The van der Waals surface area contributed by atoms with Crippen LogP contribution in [-0.2, 0) is 11.0 Å². The van der Waals surface area contributed by atoms with Gasteiger partial charge in [-0.2, -0.15) is 0 Å². The third-order valence-corrected chi connectivity index (χ3v) is 6.99. The molecule has 3 aromatic heterocycles. The van der Waals surface area contributed by atoms with Crippen molar-refractivity contribution in [3.8, 4) is 0 Å². The molecule has 8 heteroatoms. The maximum Gasteiger partial charge on any atom is 0.179 e.